The summed E-state index contributed by atoms with van der Waals surface area (Å²) in [6, 6.07) is 20.0. The number of likely N-dealkylation sites (tertiary alicyclic amines) is 1. The highest BCUT2D eigenvalue weighted by Gasteiger charge is 2.36. The number of thioether (sulfide) groups is 1. The maximum atomic E-state index is 13.7. The molecule has 3 atom stereocenters. The van der Waals surface area contributed by atoms with Crippen molar-refractivity contribution in [3.05, 3.63) is 83.9 Å². The Balaban J connectivity index is 1.50. The van der Waals surface area contributed by atoms with Gasteiger partial charge in [0.15, 0.2) is 0 Å². The number of nitrogens with two attached hydrogens (primary N) is 1. The van der Waals surface area contributed by atoms with Gasteiger partial charge in [-0.1, -0.05) is 79.2 Å². The molecule has 0 aliphatic carbocycles. The van der Waals surface area contributed by atoms with Crippen molar-refractivity contribution in [1.82, 2.24) is 15.5 Å². The van der Waals surface area contributed by atoms with Crippen LogP contribution in [0.5, 0.6) is 0 Å². The fourth-order valence-electron chi connectivity index (χ4n) is 5.34. The first-order valence-electron chi connectivity index (χ1n) is 14.4. The zero-order chi connectivity index (χ0) is 31.7. The smallest absolute Gasteiger partial charge is 0.335 e. The maximum Gasteiger partial charge on any atom is 0.335 e. The van der Waals surface area contributed by atoms with Gasteiger partial charge in [0, 0.05) is 18.5 Å². The molecule has 1 aliphatic heterocycles. The zero-order valence-electron chi connectivity index (χ0n) is 24.1. The van der Waals surface area contributed by atoms with Crippen LogP contribution in [0.15, 0.2) is 72.8 Å². The highest BCUT2D eigenvalue weighted by Crippen LogP contribution is 2.39. The van der Waals surface area contributed by atoms with Crippen LogP contribution in [0.2, 0.25) is 0 Å². The van der Waals surface area contributed by atoms with Crippen molar-refractivity contribution in [2.45, 2.75) is 50.4 Å². The van der Waals surface area contributed by atoms with Crippen LogP contribution < -0.4 is 16.4 Å². The highest BCUT2D eigenvalue weighted by molar-refractivity contribution is 8.04. The van der Waals surface area contributed by atoms with Crippen LogP contribution in [0.1, 0.15) is 41.6 Å². The second-order valence-electron chi connectivity index (χ2n) is 10.8. The summed E-state index contributed by atoms with van der Waals surface area (Å²) in [5, 5.41) is 7.62. The number of hydrogen-bond donors (Lipinski definition) is 5. The molecule has 1 saturated heterocycles. The molecule has 3 aromatic carbocycles. The molecular formula is C31H37N4O7PS. The van der Waals surface area contributed by atoms with Gasteiger partial charge in [-0.05, 0) is 41.4 Å². The number of ketones is 1. The summed E-state index contributed by atoms with van der Waals surface area (Å²) in [5.74, 6) is -2.43. The molecule has 0 spiro atoms. The average molecular weight is 641 g/mol. The zero-order valence-corrected chi connectivity index (χ0v) is 25.8. The number of amides is 3. The minimum atomic E-state index is -4.24. The van der Waals surface area contributed by atoms with Gasteiger partial charge in [0.1, 0.15) is 6.04 Å². The van der Waals surface area contributed by atoms with Crippen molar-refractivity contribution in [1.29, 1.82) is 0 Å². The lowest BCUT2D eigenvalue weighted by Crippen LogP contribution is -2.61. The predicted molar refractivity (Wildman–Crippen MR) is 170 cm³/mol. The second-order valence-corrected chi connectivity index (χ2v) is 14.0. The minimum absolute atomic E-state index is 0.198. The van der Waals surface area contributed by atoms with Gasteiger partial charge in [-0.3, -0.25) is 28.6 Å². The number of primary amides is 1. The number of nitrogens with zero attached hydrogens (tertiary/aromatic N) is 1. The molecule has 1 aliphatic rings. The summed E-state index contributed by atoms with van der Waals surface area (Å²) in [7, 11) is -4.24. The molecule has 0 bridgehead atoms. The molecule has 0 radical (unpaired) electrons. The van der Waals surface area contributed by atoms with E-state index in [1.165, 1.54) is 12.1 Å². The molecule has 3 unspecified atom stereocenters. The normalized spacial score (nSPS) is 17.0. The van der Waals surface area contributed by atoms with E-state index in [1.54, 1.807) is 23.1 Å². The summed E-state index contributed by atoms with van der Waals surface area (Å²) in [4.78, 5) is 72.3. The van der Waals surface area contributed by atoms with Crippen molar-refractivity contribution in [3.63, 3.8) is 0 Å². The van der Waals surface area contributed by atoms with E-state index in [0.717, 1.165) is 40.9 Å². The molecule has 6 N–H and O–H groups in total. The Morgan fingerprint density at radius 3 is 2.36 bits per heavy atom. The van der Waals surface area contributed by atoms with Crippen molar-refractivity contribution in [3.8, 4) is 0 Å². The van der Waals surface area contributed by atoms with Gasteiger partial charge in [-0.2, -0.15) is 0 Å². The van der Waals surface area contributed by atoms with Crippen LogP contribution in [0.4, 0.5) is 0 Å². The fourth-order valence-corrected chi connectivity index (χ4v) is 7.20. The first-order chi connectivity index (χ1) is 21.0. The third kappa shape index (κ3) is 9.48. The molecule has 3 aromatic rings. The summed E-state index contributed by atoms with van der Waals surface area (Å²) in [6.45, 7) is 0.428. The van der Waals surface area contributed by atoms with Crippen molar-refractivity contribution in [2.75, 3.05) is 17.8 Å². The Bertz CT molecular complexity index is 1530. The van der Waals surface area contributed by atoms with Gasteiger partial charge in [-0.25, -0.2) is 0 Å². The molecule has 1 heterocycles. The Labute approximate surface area is 260 Å². The average Bonchev–Trinajstić information content (AvgIpc) is 3.01. The van der Waals surface area contributed by atoms with E-state index in [9.17, 15) is 33.5 Å². The van der Waals surface area contributed by atoms with Crippen LogP contribution in [0.25, 0.3) is 10.8 Å². The van der Waals surface area contributed by atoms with E-state index >= 15 is 0 Å². The second kappa shape index (κ2) is 15.5. The summed E-state index contributed by atoms with van der Waals surface area (Å²) < 4.78 is 11.4. The number of fused-ring (bicyclic) bond motifs is 1. The number of piperidine rings is 1. The number of rotatable bonds is 14. The third-order valence-electron chi connectivity index (χ3n) is 7.50. The lowest BCUT2D eigenvalue weighted by Gasteiger charge is -2.40. The van der Waals surface area contributed by atoms with Gasteiger partial charge < -0.3 is 26.2 Å². The monoisotopic (exact) mass is 640 g/mol. The summed E-state index contributed by atoms with van der Waals surface area (Å²) >= 11 is 1.02. The number of Topliss-reactive ketones (excluding diaryl/α,β-unsaturated/α-hetero) is 1. The number of carbonyl (C=O) groups is 4. The Morgan fingerprint density at radius 1 is 0.955 bits per heavy atom. The first kappa shape index (κ1) is 33.4. The van der Waals surface area contributed by atoms with Gasteiger partial charge in [0.2, 0.25) is 17.6 Å². The largest absolute Gasteiger partial charge is 0.368 e. The molecular weight excluding hydrogens is 603 g/mol. The highest BCUT2D eigenvalue weighted by atomic mass is 32.2. The Morgan fingerprint density at radius 2 is 1.66 bits per heavy atom. The van der Waals surface area contributed by atoms with Crippen LogP contribution in [0.3, 0.4) is 0 Å². The quantitative estimate of drug-likeness (QED) is 0.0767. The molecule has 44 heavy (non-hydrogen) atoms. The van der Waals surface area contributed by atoms with E-state index in [0.29, 0.717) is 13.0 Å². The van der Waals surface area contributed by atoms with Crippen molar-refractivity contribution < 1.29 is 33.5 Å². The molecule has 11 nitrogen and oxygen atoms in total. The van der Waals surface area contributed by atoms with E-state index in [1.807, 2.05) is 42.5 Å². The molecule has 3 amide bonds. The number of carbonyl (C=O) groups excluding carboxylic acids is 4. The van der Waals surface area contributed by atoms with Gasteiger partial charge >= 0.3 is 7.60 Å². The summed E-state index contributed by atoms with van der Waals surface area (Å²) in [5.41, 5.74) is 6.37. The standard InChI is InChI=1S/C31H37N4O7PS/c32-29(37)25(19-21-13-14-22-8-4-5-11-24(22)18-21)33-30(38)26-12-6-7-16-35(26)27(15-17-44-20-43(40,41)42)34-31(39)28(36)23-9-2-1-3-10-23/h1-5,8-11,13-14,18,25-27H,6-7,12,15-17,19-20H2,(H2,32,37)(H,33,38)(H,34,39)(H2,40,41,42). The Hall–Kier alpha value is -3.54. The predicted octanol–water partition coefficient (Wildman–Crippen LogP) is 2.79. The SMILES string of the molecule is NC(=O)C(Cc1ccc2ccccc2c1)NC(=O)C1CCCCN1C(CCSCP(=O)(O)O)NC(=O)C(=O)c1ccccc1. The summed E-state index contributed by atoms with van der Waals surface area (Å²) in [6.07, 6.45) is 1.55. The molecule has 13 heteroatoms. The number of benzene rings is 3. The van der Waals surface area contributed by atoms with Crippen LogP contribution in [-0.4, -0.2) is 74.2 Å². The first-order valence-corrected chi connectivity index (χ1v) is 17.3. The molecule has 0 aromatic heterocycles. The van der Waals surface area contributed by atoms with Crippen molar-refractivity contribution >= 4 is 53.6 Å². The molecule has 0 saturated carbocycles. The van der Waals surface area contributed by atoms with Crippen LogP contribution in [-0.2, 0) is 25.4 Å². The van der Waals surface area contributed by atoms with E-state index in [4.69, 9.17) is 5.73 Å². The van der Waals surface area contributed by atoms with Crippen LogP contribution >= 0.6 is 19.4 Å². The third-order valence-corrected chi connectivity index (χ3v) is 10.1. The van der Waals surface area contributed by atoms with Crippen LogP contribution in [0, 0.1) is 0 Å². The van der Waals surface area contributed by atoms with E-state index in [2.05, 4.69) is 10.6 Å². The van der Waals surface area contributed by atoms with Gasteiger partial charge in [0.25, 0.3) is 5.91 Å². The number of nitrogens with one attached hydrogen (secondary N) is 2. The van der Waals surface area contributed by atoms with E-state index in [-0.39, 0.29) is 24.2 Å². The lowest BCUT2D eigenvalue weighted by molar-refractivity contribution is -0.134. The molecule has 4 rings (SSSR count). The Kier molecular flexibility index (Phi) is 11.7. The van der Waals surface area contributed by atoms with Gasteiger partial charge in [0.05, 0.1) is 17.7 Å². The minimum Gasteiger partial charge on any atom is -0.368 e. The topological polar surface area (TPSA) is 179 Å². The van der Waals surface area contributed by atoms with Crippen molar-refractivity contribution in [2.24, 2.45) is 5.73 Å². The molecule has 1 fully saturated rings. The lowest BCUT2D eigenvalue weighted by atomic mass is 9.98. The van der Waals surface area contributed by atoms with E-state index < -0.39 is 54.8 Å². The number of hydrogen-bond acceptors (Lipinski definition) is 7. The maximum absolute atomic E-state index is 13.7. The molecule has 234 valence electrons. The van der Waals surface area contributed by atoms with Gasteiger partial charge in [-0.15, -0.1) is 11.8 Å². The fraction of sp³-hybridized carbons (Fsp3) is 0.355.